The first-order chi connectivity index (χ1) is 14.6. The zero-order chi connectivity index (χ0) is 20.7. The minimum atomic E-state index is -0.358. The number of anilines is 2. The van der Waals surface area contributed by atoms with Crippen LogP contribution >= 0.6 is 0 Å². The van der Waals surface area contributed by atoms with Gasteiger partial charge >= 0.3 is 0 Å². The molecule has 4 heteroatoms. The Balaban J connectivity index is 1.63. The molecule has 0 spiro atoms. The first kappa shape index (κ1) is 18.6. The maximum atomic E-state index is 14.5. The molecule has 0 bridgehead atoms. The van der Waals surface area contributed by atoms with Gasteiger partial charge in [0.25, 0.3) is 0 Å². The first-order valence-corrected chi connectivity index (χ1v) is 10.3. The quantitative estimate of drug-likeness (QED) is 0.559. The highest BCUT2D eigenvalue weighted by Crippen LogP contribution is 2.44. The normalized spacial score (nSPS) is 22.7. The van der Waals surface area contributed by atoms with Crippen LogP contribution in [0, 0.1) is 18.7 Å². The van der Waals surface area contributed by atoms with Gasteiger partial charge in [0.05, 0.1) is 23.3 Å². The number of fused-ring (bicyclic) bond motifs is 2. The van der Waals surface area contributed by atoms with Crippen LogP contribution in [0.5, 0.6) is 0 Å². The highest BCUT2D eigenvalue weighted by molar-refractivity contribution is 5.90. The molecule has 2 N–H and O–H groups in total. The molecule has 5 rings (SSSR count). The lowest BCUT2D eigenvalue weighted by Gasteiger charge is -2.32. The van der Waals surface area contributed by atoms with Gasteiger partial charge in [0.15, 0.2) is 0 Å². The Labute approximate surface area is 175 Å². The third-order valence-corrected chi connectivity index (χ3v) is 6.08. The van der Waals surface area contributed by atoms with Crippen molar-refractivity contribution in [3.8, 4) is 0 Å². The number of para-hydroxylation sites is 2. The van der Waals surface area contributed by atoms with E-state index in [1.807, 2.05) is 36.4 Å². The maximum Gasteiger partial charge on any atom is 0.145 e. The lowest BCUT2D eigenvalue weighted by Crippen LogP contribution is -2.34. The molecule has 1 aliphatic heterocycles. The van der Waals surface area contributed by atoms with Crippen LogP contribution in [-0.2, 0) is 4.79 Å². The van der Waals surface area contributed by atoms with Gasteiger partial charge in [-0.2, -0.15) is 0 Å². The van der Waals surface area contributed by atoms with E-state index in [1.165, 1.54) is 11.6 Å². The molecule has 0 amide bonds. The molecule has 3 unspecified atom stereocenters. The van der Waals surface area contributed by atoms with Crippen LogP contribution in [0.3, 0.4) is 0 Å². The summed E-state index contributed by atoms with van der Waals surface area (Å²) in [6.07, 6.45) is 2.33. The maximum absolute atomic E-state index is 14.5. The van der Waals surface area contributed by atoms with Crippen molar-refractivity contribution < 1.29 is 9.18 Å². The molecule has 2 aliphatic rings. The van der Waals surface area contributed by atoms with Crippen molar-refractivity contribution >= 4 is 17.2 Å². The molecular formula is C26H23FN2O. The summed E-state index contributed by atoms with van der Waals surface area (Å²) in [6, 6.07) is 22.8. The van der Waals surface area contributed by atoms with Gasteiger partial charge in [-0.15, -0.1) is 0 Å². The van der Waals surface area contributed by atoms with Gasteiger partial charge in [-0.25, -0.2) is 4.39 Å². The Hall–Kier alpha value is -3.40. The molecule has 3 atom stereocenters. The second kappa shape index (κ2) is 7.45. The average molecular weight is 398 g/mol. The van der Waals surface area contributed by atoms with Crippen molar-refractivity contribution in [2.45, 2.75) is 25.3 Å². The van der Waals surface area contributed by atoms with Crippen LogP contribution in [0.1, 0.15) is 35.1 Å². The lowest BCUT2D eigenvalue weighted by atomic mass is 9.76. The number of ketones is 1. The number of benzene rings is 3. The summed E-state index contributed by atoms with van der Waals surface area (Å²) in [5, 5.41) is 7.07. The third kappa shape index (κ3) is 3.28. The molecular weight excluding hydrogens is 375 g/mol. The fourth-order valence-electron chi connectivity index (χ4n) is 4.53. The molecule has 0 aromatic heterocycles. The summed E-state index contributed by atoms with van der Waals surface area (Å²) in [4.78, 5) is 13.4. The lowest BCUT2D eigenvalue weighted by molar-refractivity contribution is -0.122. The first-order valence-electron chi connectivity index (χ1n) is 10.3. The monoisotopic (exact) mass is 398 g/mol. The van der Waals surface area contributed by atoms with E-state index < -0.39 is 0 Å². The topological polar surface area (TPSA) is 41.1 Å². The molecule has 3 nitrogen and oxygen atoms in total. The van der Waals surface area contributed by atoms with Gasteiger partial charge < -0.3 is 10.6 Å². The van der Waals surface area contributed by atoms with E-state index in [-0.39, 0.29) is 35.9 Å². The molecule has 3 aromatic rings. The highest BCUT2D eigenvalue weighted by Gasteiger charge is 2.40. The Morgan fingerprint density at radius 1 is 0.900 bits per heavy atom. The van der Waals surface area contributed by atoms with Gasteiger partial charge in [-0.3, -0.25) is 4.79 Å². The molecule has 3 aromatic carbocycles. The fraction of sp³-hybridized carbons (Fsp3) is 0.192. The number of hydrogen-bond donors (Lipinski definition) is 2. The number of halogens is 1. The smallest absolute Gasteiger partial charge is 0.145 e. The van der Waals surface area contributed by atoms with E-state index in [0.717, 1.165) is 22.6 Å². The van der Waals surface area contributed by atoms with Crippen molar-refractivity contribution in [3.05, 3.63) is 107 Å². The summed E-state index contributed by atoms with van der Waals surface area (Å²) in [5.41, 5.74) is 5.52. The number of aryl methyl sites for hydroxylation is 1. The molecule has 150 valence electrons. The summed E-state index contributed by atoms with van der Waals surface area (Å²) in [5.74, 6) is -0.795. The summed E-state index contributed by atoms with van der Waals surface area (Å²) < 4.78 is 14.5. The van der Waals surface area contributed by atoms with Crippen molar-refractivity contribution in [1.29, 1.82) is 0 Å². The number of carbonyl (C=O) groups excluding carboxylic acids is 1. The van der Waals surface area contributed by atoms with Crippen LogP contribution in [0.4, 0.5) is 15.8 Å². The second-order valence-corrected chi connectivity index (χ2v) is 8.10. The summed E-state index contributed by atoms with van der Waals surface area (Å²) in [7, 11) is 0. The molecule has 0 radical (unpaired) electrons. The van der Waals surface area contributed by atoms with Gasteiger partial charge in [0.1, 0.15) is 11.6 Å². The zero-order valence-electron chi connectivity index (χ0n) is 16.7. The Morgan fingerprint density at radius 3 is 2.37 bits per heavy atom. The number of carbonyl (C=O) groups is 1. The number of allylic oxidation sites excluding steroid dienone is 1. The van der Waals surface area contributed by atoms with E-state index >= 15 is 0 Å². The van der Waals surface area contributed by atoms with Gasteiger partial charge in [0, 0.05) is 18.0 Å². The van der Waals surface area contributed by atoms with Crippen LogP contribution in [0.15, 0.2) is 84.6 Å². The molecule has 1 heterocycles. The minimum Gasteiger partial charge on any atom is -0.375 e. The number of hydrogen-bond acceptors (Lipinski definition) is 3. The number of nitrogens with one attached hydrogen (secondary N) is 2. The number of rotatable bonds is 2. The Morgan fingerprint density at radius 2 is 1.60 bits per heavy atom. The van der Waals surface area contributed by atoms with E-state index in [9.17, 15) is 9.18 Å². The second-order valence-electron chi connectivity index (χ2n) is 8.10. The largest absolute Gasteiger partial charge is 0.375 e. The predicted molar refractivity (Wildman–Crippen MR) is 118 cm³/mol. The summed E-state index contributed by atoms with van der Waals surface area (Å²) in [6.45, 7) is 2.05. The summed E-state index contributed by atoms with van der Waals surface area (Å²) >= 11 is 0. The van der Waals surface area contributed by atoms with Crippen LogP contribution in [-0.4, -0.2) is 5.78 Å². The standard InChI is InChI=1S/C26H23FN2O/c1-16-10-12-17(13-11-16)26-25-23(28-21-8-4-5-9-22(21)29-26)14-18(15-24(25)30)19-6-2-3-7-20(19)27/h2-14,18,25-26,28-29H,15H2,1H3. The third-order valence-electron chi connectivity index (χ3n) is 6.08. The van der Waals surface area contributed by atoms with Crippen LogP contribution in [0.25, 0.3) is 0 Å². The van der Waals surface area contributed by atoms with Gasteiger partial charge in [0.2, 0.25) is 0 Å². The minimum absolute atomic E-state index is 0.110. The Kier molecular flexibility index (Phi) is 4.62. The van der Waals surface area contributed by atoms with E-state index in [0.29, 0.717) is 5.56 Å². The van der Waals surface area contributed by atoms with E-state index in [4.69, 9.17) is 0 Å². The predicted octanol–water partition coefficient (Wildman–Crippen LogP) is 5.97. The Bertz CT molecular complexity index is 1140. The van der Waals surface area contributed by atoms with Crippen molar-refractivity contribution in [1.82, 2.24) is 0 Å². The zero-order valence-corrected chi connectivity index (χ0v) is 16.7. The van der Waals surface area contributed by atoms with E-state index in [2.05, 4.69) is 41.8 Å². The van der Waals surface area contributed by atoms with Gasteiger partial charge in [-0.1, -0.05) is 66.2 Å². The van der Waals surface area contributed by atoms with Gasteiger partial charge in [-0.05, 0) is 36.2 Å². The highest BCUT2D eigenvalue weighted by atomic mass is 19.1. The molecule has 30 heavy (non-hydrogen) atoms. The van der Waals surface area contributed by atoms with Crippen LogP contribution in [0.2, 0.25) is 0 Å². The number of Topliss-reactive ketones (excluding diaryl/α,β-unsaturated/α-hetero) is 1. The SMILES string of the molecule is Cc1ccc(C2Nc3ccccc3NC3=CC(c4ccccc4F)CC(=O)C32)cc1. The van der Waals surface area contributed by atoms with Crippen molar-refractivity contribution in [2.75, 3.05) is 10.6 Å². The van der Waals surface area contributed by atoms with Crippen molar-refractivity contribution in [3.63, 3.8) is 0 Å². The molecule has 0 saturated carbocycles. The van der Waals surface area contributed by atoms with Crippen LogP contribution < -0.4 is 10.6 Å². The van der Waals surface area contributed by atoms with E-state index in [1.54, 1.807) is 12.1 Å². The van der Waals surface area contributed by atoms with Crippen molar-refractivity contribution in [2.24, 2.45) is 5.92 Å². The molecule has 0 saturated heterocycles. The molecule has 0 fully saturated rings. The average Bonchev–Trinajstić information content (AvgIpc) is 2.91. The molecule has 1 aliphatic carbocycles. The fourth-order valence-corrected chi connectivity index (χ4v) is 4.53.